The number of sulfone groups is 1. The summed E-state index contributed by atoms with van der Waals surface area (Å²) in [5, 5.41) is 3.38. The summed E-state index contributed by atoms with van der Waals surface area (Å²) in [5.41, 5.74) is 1.17. The molecule has 0 aliphatic carbocycles. The summed E-state index contributed by atoms with van der Waals surface area (Å²) in [6.07, 6.45) is 1.71. The van der Waals surface area contributed by atoms with Crippen molar-refractivity contribution in [1.82, 2.24) is 5.32 Å². The van der Waals surface area contributed by atoms with Crippen LogP contribution in [0.5, 0.6) is 0 Å². The maximum absolute atomic E-state index is 12.2. The second-order valence-electron chi connectivity index (χ2n) is 4.90. The fourth-order valence-electron chi connectivity index (χ4n) is 2.09. The maximum Gasteiger partial charge on any atom is 0.252 e. The van der Waals surface area contributed by atoms with Crippen molar-refractivity contribution in [2.45, 2.75) is 11.3 Å². The minimum absolute atomic E-state index is 0.0373. The molecule has 0 saturated heterocycles. The molecule has 0 bridgehead atoms. The molecular weight excluding hydrogens is 322 g/mol. The third-order valence-electron chi connectivity index (χ3n) is 3.12. The molecule has 22 heavy (non-hydrogen) atoms. The lowest BCUT2D eigenvalue weighted by molar-refractivity contribution is 0.0951. The summed E-state index contributed by atoms with van der Waals surface area (Å²) in [6.45, 7) is 0.400. The van der Waals surface area contributed by atoms with E-state index in [9.17, 15) is 13.2 Å². The average molecular weight is 338 g/mol. The summed E-state index contributed by atoms with van der Waals surface area (Å²) >= 11 is 5.90. The molecule has 0 unspecified atom stereocenters. The Kier molecular flexibility index (Phi) is 5.21. The van der Waals surface area contributed by atoms with Gasteiger partial charge in [0.05, 0.1) is 10.5 Å². The molecule has 1 amide bonds. The van der Waals surface area contributed by atoms with Crippen LogP contribution in [0.2, 0.25) is 5.02 Å². The van der Waals surface area contributed by atoms with E-state index in [4.69, 9.17) is 11.6 Å². The van der Waals surface area contributed by atoms with Gasteiger partial charge in [-0.1, -0.05) is 35.9 Å². The molecule has 0 fully saturated rings. The molecule has 0 aliphatic rings. The van der Waals surface area contributed by atoms with Crippen molar-refractivity contribution in [3.8, 4) is 0 Å². The van der Waals surface area contributed by atoms with Crippen molar-refractivity contribution in [2.75, 3.05) is 12.8 Å². The first-order valence-electron chi connectivity index (χ1n) is 6.69. The van der Waals surface area contributed by atoms with E-state index in [2.05, 4.69) is 5.32 Å². The van der Waals surface area contributed by atoms with Crippen LogP contribution >= 0.6 is 11.6 Å². The van der Waals surface area contributed by atoms with Crippen molar-refractivity contribution in [3.63, 3.8) is 0 Å². The Bertz CT molecular complexity index is 787. The third kappa shape index (κ3) is 4.32. The number of carbonyl (C=O) groups is 1. The summed E-state index contributed by atoms with van der Waals surface area (Å²) in [4.78, 5) is 12.2. The summed E-state index contributed by atoms with van der Waals surface area (Å²) in [6, 6.07) is 13.6. The van der Waals surface area contributed by atoms with Crippen LogP contribution in [0, 0.1) is 0 Å². The highest BCUT2D eigenvalue weighted by Crippen LogP contribution is 2.15. The van der Waals surface area contributed by atoms with Crippen LogP contribution in [0.15, 0.2) is 53.4 Å². The van der Waals surface area contributed by atoms with E-state index in [-0.39, 0.29) is 10.5 Å². The minimum Gasteiger partial charge on any atom is -0.352 e. The second kappa shape index (κ2) is 6.94. The van der Waals surface area contributed by atoms with Gasteiger partial charge < -0.3 is 5.32 Å². The zero-order chi connectivity index (χ0) is 16.2. The van der Waals surface area contributed by atoms with E-state index in [0.717, 1.165) is 11.8 Å². The predicted octanol–water partition coefficient (Wildman–Crippen LogP) is 2.72. The molecule has 0 aliphatic heterocycles. The molecular formula is C16H16ClNO3S. The Balaban J connectivity index is 2.05. The summed E-state index contributed by atoms with van der Waals surface area (Å²) in [5.74, 6) is -0.400. The number of hydrogen-bond donors (Lipinski definition) is 1. The van der Waals surface area contributed by atoms with Gasteiger partial charge in [0.15, 0.2) is 9.84 Å². The van der Waals surface area contributed by atoms with Crippen LogP contribution in [-0.2, 0) is 16.3 Å². The van der Waals surface area contributed by atoms with Crippen molar-refractivity contribution in [2.24, 2.45) is 0 Å². The van der Waals surface area contributed by atoms with Gasteiger partial charge in [-0.05, 0) is 36.2 Å². The lowest BCUT2D eigenvalue weighted by Gasteiger charge is -2.09. The van der Waals surface area contributed by atoms with E-state index < -0.39 is 15.7 Å². The van der Waals surface area contributed by atoms with Crippen LogP contribution < -0.4 is 5.32 Å². The van der Waals surface area contributed by atoms with Gasteiger partial charge in [-0.15, -0.1) is 0 Å². The Morgan fingerprint density at radius 3 is 2.55 bits per heavy atom. The standard InChI is InChI=1S/C16H16ClNO3S/c1-22(20,21)15-8-3-2-7-14(15)16(19)18-10-9-12-5-4-6-13(17)11-12/h2-8,11H,9-10H2,1H3,(H,18,19). The molecule has 0 heterocycles. The summed E-state index contributed by atoms with van der Waals surface area (Å²) in [7, 11) is -3.44. The fraction of sp³-hybridized carbons (Fsp3) is 0.188. The molecule has 6 heteroatoms. The number of nitrogens with one attached hydrogen (secondary N) is 1. The summed E-state index contributed by atoms with van der Waals surface area (Å²) < 4.78 is 23.4. The number of rotatable bonds is 5. The number of carbonyl (C=O) groups excluding carboxylic acids is 1. The molecule has 2 aromatic carbocycles. The highest BCUT2D eigenvalue weighted by molar-refractivity contribution is 7.90. The molecule has 2 rings (SSSR count). The van der Waals surface area contributed by atoms with Gasteiger partial charge in [0.2, 0.25) is 0 Å². The zero-order valence-electron chi connectivity index (χ0n) is 12.0. The molecule has 4 nitrogen and oxygen atoms in total. The quantitative estimate of drug-likeness (QED) is 0.912. The van der Waals surface area contributed by atoms with Crippen molar-refractivity contribution in [3.05, 3.63) is 64.7 Å². The van der Waals surface area contributed by atoms with Crippen LogP contribution in [0.4, 0.5) is 0 Å². The number of benzene rings is 2. The Morgan fingerprint density at radius 1 is 1.14 bits per heavy atom. The fourth-order valence-corrected chi connectivity index (χ4v) is 3.18. The van der Waals surface area contributed by atoms with Crippen molar-refractivity contribution >= 4 is 27.3 Å². The predicted molar refractivity (Wildman–Crippen MR) is 87.0 cm³/mol. The van der Waals surface area contributed by atoms with Gasteiger partial charge in [0.25, 0.3) is 5.91 Å². The number of hydrogen-bond acceptors (Lipinski definition) is 3. The first-order valence-corrected chi connectivity index (χ1v) is 8.96. The average Bonchev–Trinajstić information content (AvgIpc) is 2.46. The second-order valence-corrected chi connectivity index (χ2v) is 7.32. The first-order chi connectivity index (χ1) is 10.4. The molecule has 0 aromatic heterocycles. The molecule has 0 radical (unpaired) electrons. The number of amides is 1. The van der Waals surface area contributed by atoms with Gasteiger partial charge in [-0.25, -0.2) is 8.42 Å². The smallest absolute Gasteiger partial charge is 0.252 e. The third-order valence-corrected chi connectivity index (χ3v) is 4.51. The Labute approximate surface area is 135 Å². The highest BCUT2D eigenvalue weighted by Gasteiger charge is 2.17. The van der Waals surface area contributed by atoms with Crippen LogP contribution in [-0.4, -0.2) is 27.1 Å². The molecule has 2 aromatic rings. The van der Waals surface area contributed by atoms with E-state index >= 15 is 0 Å². The Hall–Kier alpha value is -1.85. The highest BCUT2D eigenvalue weighted by atomic mass is 35.5. The molecule has 116 valence electrons. The number of halogens is 1. The molecule has 0 atom stereocenters. The topological polar surface area (TPSA) is 63.2 Å². The maximum atomic E-state index is 12.2. The van der Waals surface area contributed by atoms with Gasteiger partial charge in [-0.2, -0.15) is 0 Å². The largest absolute Gasteiger partial charge is 0.352 e. The van der Waals surface area contributed by atoms with Crippen molar-refractivity contribution < 1.29 is 13.2 Å². The van der Waals surface area contributed by atoms with E-state index in [1.54, 1.807) is 18.2 Å². The van der Waals surface area contributed by atoms with Gasteiger partial charge in [0, 0.05) is 17.8 Å². The van der Waals surface area contributed by atoms with E-state index in [1.165, 1.54) is 12.1 Å². The zero-order valence-corrected chi connectivity index (χ0v) is 13.6. The van der Waals surface area contributed by atoms with Crippen LogP contribution in [0.1, 0.15) is 15.9 Å². The van der Waals surface area contributed by atoms with Crippen LogP contribution in [0.25, 0.3) is 0 Å². The SMILES string of the molecule is CS(=O)(=O)c1ccccc1C(=O)NCCc1cccc(Cl)c1. The lowest BCUT2D eigenvalue weighted by Crippen LogP contribution is -2.27. The molecule has 1 N–H and O–H groups in total. The van der Waals surface area contributed by atoms with Gasteiger partial charge in [-0.3, -0.25) is 4.79 Å². The minimum atomic E-state index is -3.44. The molecule has 0 spiro atoms. The van der Waals surface area contributed by atoms with Crippen LogP contribution in [0.3, 0.4) is 0 Å². The Morgan fingerprint density at radius 2 is 1.86 bits per heavy atom. The first kappa shape index (κ1) is 16.5. The lowest BCUT2D eigenvalue weighted by atomic mass is 10.1. The molecule has 0 saturated carbocycles. The van der Waals surface area contributed by atoms with E-state index in [1.807, 2.05) is 18.2 Å². The normalized spacial score (nSPS) is 11.2. The van der Waals surface area contributed by atoms with Gasteiger partial charge in [0.1, 0.15) is 0 Å². The van der Waals surface area contributed by atoms with Gasteiger partial charge >= 0.3 is 0 Å². The monoisotopic (exact) mass is 337 g/mol. The van der Waals surface area contributed by atoms with E-state index in [0.29, 0.717) is 18.0 Å². The van der Waals surface area contributed by atoms with Crippen molar-refractivity contribution in [1.29, 1.82) is 0 Å².